The van der Waals surface area contributed by atoms with Crippen LogP contribution in [0.15, 0.2) is 40.8 Å². The van der Waals surface area contributed by atoms with E-state index in [0.717, 1.165) is 18.5 Å². The molecule has 0 unspecified atom stereocenters. The van der Waals surface area contributed by atoms with Crippen LogP contribution in [0.25, 0.3) is 0 Å². The Labute approximate surface area is 147 Å². The second-order valence-corrected chi connectivity index (χ2v) is 5.69. The average Bonchev–Trinajstić information content (AvgIpc) is 2.61. The molecule has 0 saturated heterocycles. The number of hydrogen-bond acceptors (Lipinski definition) is 6. The topological polar surface area (TPSA) is 74.1 Å². The number of alkyl halides is 3. The van der Waals surface area contributed by atoms with E-state index in [0.29, 0.717) is 12.1 Å². The molecule has 0 spiro atoms. The SMILES string of the molecule is CN1CCCc2cc(N=Nc3ncccn3)c(N(C=O)C(F)(F)F)cc21. The van der Waals surface area contributed by atoms with Gasteiger partial charge < -0.3 is 4.90 Å². The van der Waals surface area contributed by atoms with Gasteiger partial charge in [0.05, 0.1) is 5.69 Å². The Morgan fingerprint density at radius 2 is 1.96 bits per heavy atom. The van der Waals surface area contributed by atoms with Crippen LogP contribution in [0.5, 0.6) is 0 Å². The van der Waals surface area contributed by atoms with E-state index in [4.69, 9.17) is 0 Å². The summed E-state index contributed by atoms with van der Waals surface area (Å²) >= 11 is 0. The van der Waals surface area contributed by atoms with Crippen LogP contribution >= 0.6 is 0 Å². The van der Waals surface area contributed by atoms with Gasteiger partial charge in [0, 0.05) is 31.7 Å². The molecule has 10 heteroatoms. The van der Waals surface area contributed by atoms with E-state index in [1.54, 1.807) is 13.1 Å². The number of anilines is 2. The first kappa shape index (κ1) is 17.8. The molecule has 1 aliphatic heterocycles. The Bertz CT molecular complexity index is 825. The van der Waals surface area contributed by atoms with Crippen molar-refractivity contribution in [3.63, 3.8) is 0 Å². The Morgan fingerprint density at radius 1 is 1.23 bits per heavy atom. The van der Waals surface area contributed by atoms with Gasteiger partial charge in [0.25, 0.3) is 5.95 Å². The van der Waals surface area contributed by atoms with Gasteiger partial charge in [0.15, 0.2) is 0 Å². The molecule has 1 aromatic carbocycles. The second-order valence-electron chi connectivity index (χ2n) is 5.69. The highest BCUT2D eigenvalue weighted by Gasteiger charge is 2.39. The number of amides is 1. The molecule has 0 fully saturated rings. The van der Waals surface area contributed by atoms with Gasteiger partial charge in [0.1, 0.15) is 5.69 Å². The van der Waals surface area contributed by atoms with Crippen molar-refractivity contribution in [2.75, 3.05) is 23.4 Å². The summed E-state index contributed by atoms with van der Waals surface area (Å²) in [5, 5.41) is 7.66. The summed E-state index contributed by atoms with van der Waals surface area (Å²) in [5.41, 5.74) is 1.02. The minimum Gasteiger partial charge on any atom is -0.374 e. The van der Waals surface area contributed by atoms with Crippen LogP contribution in [0.1, 0.15) is 12.0 Å². The quantitative estimate of drug-likeness (QED) is 0.470. The molecule has 1 amide bonds. The molecule has 7 nitrogen and oxygen atoms in total. The standard InChI is InChI=1S/C16H15F3N6O/c1-24-7-2-4-11-8-12(22-23-15-20-5-3-6-21-15)14(9-13(11)24)25(10-26)16(17,18)19/h3,5-6,8-10H,2,4,7H2,1H3. The summed E-state index contributed by atoms with van der Waals surface area (Å²) in [4.78, 5) is 20.4. The summed E-state index contributed by atoms with van der Waals surface area (Å²) in [6, 6.07) is 4.42. The lowest BCUT2D eigenvalue weighted by atomic mass is 10.0. The number of halogens is 3. The summed E-state index contributed by atoms with van der Waals surface area (Å²) in [6.45, 7) is 0.721. The van der Waals surface area contributed by atoms with Crippen LogP contribution < -0.4 is 9.80 Å². The zero-order valence-corrected chi connectivity index (χ0v) is 13.8. The largest absolute Gasteiger partial charge is 0.491 e. The van der Waals surface area contributed by atoms with Crippen LogP contribution in [-0.4, -0.2) is 36.3 Å². The number of azo groups is 1. The minimum atomic E-state index is -4.88. The number of hydrogen-bond donors (Lipinski definition) is 0. The number of fused-ring (bicyclic) bond motifs is 1. The smallest absolute Gasteiger partial charge is 0.374 e. The highest BCUT2D eigenvalue weighted by Crippen LogP contribution is 2.41. The van der Waals surface area contributed by atoms with Gasteiger partial charge in [-0.15, -0.1) is 23.4 Å². The molecule has 2 aromatic rings. The van der Waals surface area contributed by atoms with Crippen LogP contribution in [0, 0.1) is 0 Å². The van der Waals surface area contributed by atoms with Crippen molar-refractivity contribution in [3.8, 4) is 0 Å². The van der Waals surface area contributed by atoms with Crippen LogP contribution in [0.4, 0.5) is 36.2 Å². The Kier molecular flexibility index (Phi) is 4.83. The first-order valence-corrected chi connectivity index (χ1v) is 7.78. The fraction of sp³-hybridized carbons (Fsp3) is 0.312. The summed E-state index contributed by atoms with van der Waals surface area (Å²) in [7, 11) is 1.79. The van der Waals surface area contributed by atoms with Crippen molar-refractivity contribution in [1.29, 1.82) is 0 Å². The van der Waals surface area contributed by atoms with Crippen molar-refractivity contribution in [2.45, 2.75) is 19.1 Å². The molecule has 1 aromatic heterocycles. The third-order valence-electron chi connectivity index (χ3n) is 3.96. The van der Waals surface area contributed by atoms with Crippen LogP contribution in [0.3, 0.4) is 0 Å². The molecule has 2 heterocycles. The van der Waals surface area contributed by atoms with E-state index in [2.05, 4.69) is 20.2 Å². The molecule has 0 N–H and O–H groups in total. The maximum absolute atomic E-state index is 13.3. The molecule has 136 valence electrons. The van der Waals surface area contributed by atoms with Gasteiger partial charge in [-0.1, -0.05) is 0 Å². The molecule has 3 rings (SSSR count). The molecule has 0 atom stereocenters. The number of carbonyl (C=O) groups excluding carboxylic acids is 1. The third kappa shape index (κ3) is 3.63. The van der Waals surface area contributed by atoms with Crippen molar-refractivity contribution in [3.05, 3.63) is 36.2 Å². The lowest BCUT2D eigenvalue weighted by Gasteiger charge is -2.30. The van der Waals surface area contributed by atoms with Gasteiger partial charge in [0.2, 0.25) is 6.41 Å². The predicted molar refractivity (Wildman–Crippen MR) is 88.8 cm³/mol. The molecule has 1 aliphatic rings. The number of nitrogens with zero attached hydrogens (tertiary/aromatic N) is 6. The maximum Gasteiger partial charge on any atom is 0.491 e. The third-order valence-corrected chi connectivity index (χ3v) is 3.96. The number of rotatable bonds is 4. The van der Waals surface area contributed by atoms with E-state index in [1.807, 2.05) is 4.90 Å². The zero-order chi connectivity index (χ0) is 18.7. The van der Waals surface area contributed by atoms with E-state index in [1.165, 1.54) is 24.5 Å². The Balaban J connectivity index is 2.11. The van der Waals surface area contributed by atoms with E-state index in [-0.39, 0.29) is 28.6 Å². The Hall–Kier alpha value is -3.04. The zero-order valence-electron chi connectivity index (χ0n) is 13.8. The molecule has 0 radical (unpaired) electrons. The van der Waals surface area contributed by atoms with Crippen LogP contribution in [-0.2, 0) is 11.2 Å². The monoisotopic (exact) mass is 364 g/mol. The van der Waals surface area contributed by atoms with Gasteiger partial charge in [-0.25, -0.2) is 14.9 Å². The summed E-state index contributed by atoms with van der Waals surface area (Å²) < 4.78 is 39.8. The van der Waals surface area contributed by atoms with E-state index in [9.17, 15) is 18.0 Å². The molecule has 0 aliphatic carbocycles. The normalized spacial score (nSPS) is 14.4. The van der Waals surface area contributed by atoms with Crippen molar-refractivity contribution in [2.24, 2.45) is 10.2 Å². The van der Waals surface area contributed by atoms with Gasteiger partial charge >= 0.3 is 6.30 Å². The number of benzene rings is 1. The van der Waals surface area contributed by atoms with Crippen molar-refractivity contribution < 1.29 is 18.0 Å². The first-order valence-electron chi connectivity index (χ1n) is 7.78. The molecular formula is C16H15F3N6O. The van der Waals surface area contributed by atoms with Crippen molar-refractivity contribution in [1.82, 2.24) is 9.97 Å². The Morgan fingerprint density at radius 3 is 2.62 bits per heavy atom. The minimum absolute atomic E-state index is 0.0120. The van der Waals surface area contributed by atoms with Gasteiger partial charge in [-0.05, 0) is 36.6 Å². The molecule has 26 heavy (non-hydrogen) atoms. The maximum atomic E-state index is 13.3. The lowest BCUT2D eigenvalue weighted by molar-refractivity contribution is -0.141. The number of carbonyl (C=O) groups is 1. The van der Waals surface area contributed by atoms with Crippen molar-refractivity contribution >= 4 is 29.4 Å². The predicted octanol–water partition coefficient (Wildman–Crippen LogP) is 3.76. The van der Waals surface area contributed by atoms with Crippen LogP contribution in [0.2, 0.25) is 0 Å². The van der Waals surface area contributed by atoms with Gasteiger partial charge in [-0.3, -0.25) is 4.79 Å². The highest BCUT2D eigenvalue weighted by atomic mass is 19.4. The second kappa shape index (κ2) is 7.06. The first-order chi connectivity index (χ1) is 12.4. The summed E-state index contributed by atoms with van der Waals surface area (Å²) in [5.74, 6) is 0.0120. The van der Waals surface area contributed by atoms with Gasteiger partial charge in [-0.2, -0.15) is 0 Å². The fourth-order valence-corrected chi connectivity index (χ4v) is 2.76. The lowest BCUT2D eigenvalue weighted by Crippen LogP contribution is -2.37. The number of aryl methyl sites for hydroxylation is 1. The molecule has 0 bridgehead atoms. The molecular weight excluding hydrogens is 349 g/mol. The van der Waals surface area contributed by atoms with E-state index < -0.39 is 6.30 Å². The average molecular weight is 364 g/mol. The molecule has 0 saturated carbocycles. The highest BCUT2D eigenvalue weighted by molar-refractivity contribution is 5.86. The van der Waals surface area contributed by atoms with E-state index >= 15 is 0 Å². The summed E-state index contributed by atoms with van der Waals surface area (Å²) in [6.07, 6.45) is -0.691. The number of aromatic nitrogens is 2. The fourth-order valence-electron chi connectivity index (χ4n) is 2.76.